The van der Waals surface area contributed by atoms with E-state index in [9.17, 15) is 4.39 Å². The van der Waals surface area contributed by atoms with Gasteiger partial charge < -0.3 is 16.2 Å². The number of ether oxygens (including phenoxy) is 1. The van der Waals surface area contributed by atoms with Gasteiger partial charge in [-0.25, -0.2) is 4.39 Å². The molecule has 1 atom stereocenters. The van der Waals surface area contributed by atoms with Crippen LogP contribution >= 0.6 is 12.4 Å². The van der Waals surface area contributed by atoms with Crippen LogP contribution < -0.4 is 16.2 Å². The monoisotopic (exact) mass is 220 g/mol. The van der Waals surface area contributed by atoms with Crippen LogP contribution in [0.5, 0.6) is 5.75 Å². The first-order valence-corrected chi connectivity index (χ1v) is 3.98. The Labute approximate surface area is 88.6 Å². The summed E-state index contributed by atoms with van der Waals surface area (Å²) in [7, 11) is 1.41. The van der Waals surface area contributed by atoms with Gasteiger partial charge in [-0.15, -0.1) is 12.4 Å². The molecule has 0 aliphatic carbocycles. The molecule has 80 valence electrons. The number of nitrogens with two attached hydrogens (primary N) is 2. The van der Waals surface area contributed by atoms with Crippen molar-refractivity contribution >= 4 is 12.4 Å². The molecule has 0 aliphatic heterocycles. The Morgan fingerprint density at radius 1 is 1.50 bits per heavy atom. The van der Waals surface area contributed by atoms with Crippen molar-refractivity contribution in [2.45, 2.75) is 6.04 Å². The highest BCUT2D eigenvalue weighted by atomic mass is 35.5. The highest BCUT2D eigenvalue weighted by molar-refractivity contribution is 5.85. The van der Waals surface area contributed by atoms with Gasteiger partial charge in [0.25, 0.3) is 0 Å². The van der Waals surface area contributed by atoms with Crippen molar-refractivity contribution in [2.75, 3.05) is 13.7 Å². The summed E-state index contributed by atoms with van der Waals surface area (Å²) in [6.07, 6.45) is 0. The van der Waals surface area contributed by atoms with E-state index in [1.165, 1.54) is 7.11 Å². The largest absolute Gasteiger partial charge is 0.494 e. The van der Waals surface area contributed by atoms with Gasteiger partial charge in [-0.2, -0.15) is 0 Å². The van der Waals surface area contributed by atoms with Crippen LogP contribution in [0.2, 0.25) is 0 Å². The van der Waals surface area contributed by atoms with E-state index < -0.39 is 11.9 Å². The van der Waals surface area contributed by atoms with Crippen LogP contribution in [0.3, 0.4) is 0 Å². The normalized spacial score (nSPS) is 11.7. The van der Waals surface area contributed by atoms with Gasteiger partial charge in [-0.1, -0.05) is 12.1 Å². The predicted molar refractivity (Wildman–Crippen MR) is 56.2 cm³/mol. The highest BCUT2D eigenvalue weighted by Crippen LogP contribution is 2.23. The average molecular weight is 221 g/mol. The fourth-order valence-electron chi connectivity index (χ4n) is 1.10. The van der Waals surface area contributed by atoms with E-state index in [1.54, 1.807) is 18.2 Å². The van der Waals surface area contributed by atoms with Gasteiger partial charge in [0, 0.05) is 18.2 Å². The summed E-state index contributed by atoms with van der Waals surface area (Å²) in [4.78, 5) is 0. The summed E-state index contributed by atoms with van der Waals surface area (Å²) in [5.41, 5.74) is 11.3. The Balaban J connectivity index is 0.00000169. The number of halogens is 2. The summed E-state index contributed by atoms with van der Waals surface area (Å²) < 4.78 is 18.3. The lowest BCUT2D eigenvalue weighted by atomic mass is 10.1. The second-order valence-electron chi connectivity index (χ2n) is 2.71. The lowest BCUT2D eigenvalue weighted by Gasteiger charge is -2.11. The standard InChI is InChI=1S/C9H13FN2O.ClH/c1-13-8-4-2-3-6(9(8)10)7(12)5-11;/h2-4,7H,5,11-12H2,1H3;1H/t7-;/m1./s1. The smallest absolute Gasteiger partial charge is 0.169 e. The molecule has 0 spiro atoms. The molecule has 3 nitrogen and oxygen atoms in total. The Morgan fingerprint density at radius 2 is 2.14 bits per heavy atom. The van der Waals surface area contributed by atoms with Gasteiger partial charge in [0.1, 0.15) is 0 Å². The van der Waals surface area contributed by atoms with Crippen molar-refractivity contribution < 1.29 is 9.13 Å². The minimum Gasteiger partial charge on any atom is -0.494 e. The van der Waals surface area contributed by atoms with Crippen molar-refractivity contribution in [3.05, 3.63) is 29.6 Å². The van der Waals surface area contributed by atoms with Crippen molar-refractivity contribution in [3.8, 4) is 5.75 Å². The van der Waals surface area contributed by atoms with Gasteiger partial charge in [-0.3, -0.25) is 0 Å². The van der Waals surface area contributed by atoms with E-state index in [4.69, 9.17) is 16.2 Å². The first-order valence-electron chi connectivity index (χ1n) is 3.98. The van der Waals surface area contributed by atoms with E-state index in [1.807, 2.05) is 0 Å². The number of rotatable bonds is 3. The molecule has 0 saturated carbocycles. The number of methoxy groups -OCH3 is 1. The van der Waals surface area contributed by atoms with Crippen molar-refractivity contribution in [1.29, 1.82) is 0 Å². The zero-order valence-corrected chi connectivity index (χ0v) is 8.68. The summed E-state index contributed by atoms with van der Waals surface area (Å²) in [6.45, 7) is 0.212. The molecular weight excluding hydrogens is 207 g/mol. The fraction of sp³-hybridized carbons (Fsp3) is 0.333. The SMILES string of the molecule is COc1cccc([C@H](N)CN)c1F.Cl. The fourth-order valence-corrected chi connectivity index (χ4v) is 1.10. The molecule has 0 saturated heterocycles. The van der Waals surface area contributed by atoms with E-state index >= 15 is 0 Å². The zero-order valence-electron chi connectivity index (χ0n) is 7.87. The van der Waals surface area contributed by atoms with Gasteiger partial charge in [0.15, 0.2) is 11.6 Å². The molecule has 0 aliphatic rings. The molecule has 1 aromatic carbocycles. The third-order valence-electron chi connectivity index (χ3n) is 1.87. The van der Waals surface area contributed by atoms with E-state index in [-0.39, 0.29) is 24.7 Å². The Bertz CT molecular complexity index is 296. The van der Waals surface area contributed by atoms with Crippen LogP contribution in [0.15, 0.2) is 18.2 Å². The molecule has 0 heterocycles. The molecule has 5 heteroatoms. The molecule has 0 fully saturated rings. The van der Waals surface area contributed by atoms with E-state index in [0.29, 0.717) is 5.56 Å². The van der Waals surface area contributed by atoms with Gasteiger partial charge in [-0.05, 0) is 6.07 Å². The van der Waals surface area contributed by atoms with Crippen molar-refractivity contribution in [1.82, 2.24) is 0 Å². The summed E-state index contributed by atoms with van der Waals surface area (Å²) in [5.74, 6) is -0.232. The molecule has 1 aromatic rings. The van der Waals surface area contributed by atoms with Crippen LogP contribution in [0.25, 0.3) is 0 Å². The quantitative estimate of drug-likeness (QED) is 0.805. The van der Waals surface area contributed by atoms with Crippen molar-refractivity contribution in [2.24, 2.45) is 11.5 Å². The number of hydrogen-bond donors (Lipinski definition) is 2. The second-order valence-corrected chi connectivity index (χ2v) is 2.71. The van der Waals surface area contributed by atoms with Crippen LogP contribution in [-0.4, -0.2) is 13.7 Å². The molecule has 14 heavy (non-hydrogen) atoms. The number of hydrogen-bond acceptors (Lipinski definition) is 3. The Hall–Kier alpha value is -0.840. The molecule has 0 unspecified atom stereocenters. The van der Waals surface area contributed by atoms with Crippen LogP contribution in [0.1, 0.15) is 11.6 Å². The predicted octanol–water partition coefficient (Wildman–Crippen LogP) is 1.21. The third kappa shape index (κ3) is 2.57. The molecule has 0 bridgehead atoms. The van der Waals surface area contributed by atoms with Crippen LogP contribution in [-0.2, 0) is 0 Å². The summed E-state index contributed by atoms with van der Waals surface area (Å²) in [5, 5.41) is 0. The average Bonchev–Trinajstić information content (AvgIpc) is 2.17. The summed E-state index contributed by atoms with van der Waals surface area (Å²) >= 11 is 0. The molecular formula is C9H14ClFN2O. The third-order valence-corrected chi connectivity index (χ3v) is 1.87. The Morgan fingerprint density at radius 3 is 2.64 bits per heavy atom. The van der Waals surface area contributed by atoms with Crippen LogP contribution in [0.4, 0.5) is 4.39 Å². The first kappa shape index (κ1) is 13.2. The topological polar surface area (TPSA) is 61.3 Å². The van der Waals surface area contributed by atoms with Crippen LogP contribution in [0, 0.1) is 5.82 Å². The maximum Gasteiger partial charge on any atom is 0.169 e. The van der Waals surface area contributed by atoms with Gasteiger partial charge in [0.05, 0.1) is 7.11 Å². The molecule has 0 amide bonds. The first-order chi connectivity index (χ1) is 6.20. The van der Waals surface area contributed by atoms with Crippen molar-refractivity contribution in [3.63, 3.8) is 0 Å². The van der Waals surface area contributed by atoms with E-state index in [2.05, 4.69) is 0 Å². The Kier molecular flexibility index (Phi) is 5.45. The molecule has 0 radical (unpaired) electrons. The molecule has 1 rings (SSSR count). The lowest BCUT2D eigenvalue weighted by Crippen LogP contribution is -2.22. The van der Waals surface area contributed by atoms with Gasteiger partial charge in [0.2, 0.25) is 0 Å². The maximum atomic E-state index is 13.4. The lowest BCUT2D eigenvalue weighted by molar-refractivity contribution is 0.382. The van der Waals surface area contributed by atoms with E-state index in [0.717, 1.165) is 0 Å². The number of benzene rings is 1. The minimum atomic E-state index is -0.477. The van der Waals surface area contributed by atoms with Gasteiger partial charge >= 0.3 is 0 Å². The minimum absolute atomic E-state index is 0. The zero-order chi connectivity index (χ0) is 9.84. The molecule has 4 N–H and O–H groups in total. The maximum absolute atomic E-state index is 13.4. The summed E-state index contributed by atoms with van der Waals surface area (Å²) in [6, 6.07) is 4.36. The highest BCUT2D eigenvalue weighted by Gasteiger charge is 2.12. The molecule has 0 aromatic heterocycles. The second kappa shape index (κ2) is 5.80.